The van der Waals surface area contributed by atoms with Crippen LogP contribution in [0.5, 0.6) is 0 Å². The summed E-state index contributed by atoms with van der Waals surface area (Å²) in [5, 5.41) is 3.00. The number of aromatic nitrogens is 2. The predicted molar refractivity (Wildman–Crippen MR) is 73.6 cm³/mol. The summed E-state index contributed by atoms with van der Waals surface area (Å²) in [5.74, 6) is 1.63. The normalized spacial score (nSPS) is 13.9. The zero-order valence-electron chi connectivity index (χ0n) is 10.9. The fraction of sp³-hybridized carbons (Fsp3) is 0.583. The Hall–Kier alpha value is -1.65. The number of anilines is 2. The summed E-state index contributed by atoms with van der Waals surface area (Å²) in [5.41, 5.74) is 0.752. The quantitative estimate of drug-likeness (QED) is 0.818. The second-order valence-corrected chi connectivity index (χ2v) is 3.50. The largest absolute Gasteiger partial charge is 0.371 e. The monoisotopic (exact) mass is 235 g/mol. The third kappa shape index (κ3) is 2.93. The van der Waals surface area contributed by atoms with Gasteiger partial charge in [0, 0.05) is 20.1 Å². The zero-order chi connectivity index (χ0) is 12.7. The molecule has 5 heteroatoms. The van der Waals surface area contributed by atoms with E-state index in [-0.39, 0.29) is 0 Å². The van der Waals surface area contributed by atoms with E-state index >= 15 is 0 Å². The first-order chi connectivity index (χ1) is 8.36. The lowest BCUT2D eigenvalue weighted by molar-refractivity contribution is 0.928. The molecule has 1 aliphatic rings. The van der Waals surface area contributed by atoms with Gasteiger partial charge in [-0.1, -0.05) is 13.8 Å². The first-order valence-electron chi connectivity index (χ1n) is 6.11. The maximum Gasteiger partial charge on any atom is 0.160 e. The molecular formula is C12H21N5. The molecule has 1 N–H and O–H groups in total. The molecule has 5 nitrogen and oxygen atoms in total. The van der Waals surface area contributed by atoms with Crippen molar-refractivity contribution < 1.29 is 0 Å². The molecule has 0 unspecified atom stereocenters. The van der Waals surface area contributed by atoms with Gasteiger partial charge in [0.15, 0.2) is 11.6 Å². The molecule has 1 aromatic rings. The SMILES string of the molecule is C=Nc1c(NC)ncnc1N1CCCC1.CC. The molecule has 0 bridgehead atoms. The van der Waals surface area contributed by atoms with Crippen molar-refractivity contribution in [3.05, 3.63) is 6.33 Å². The molecule has 1 saturated heterocycles. The molecular weight excluding hydrogens is 214 g/mol. The van der Waals surface area contributed by atoms with Gasteiger partial charge < -0.3 is 10.2 Å². The van der Waals surface area contributed by atoms with Crippen molar-refractivity contribution >= 4 is 24.0 Å². The second kappa shape index (κ2) is 6.83. The van der Waals surface area contributed by atoms with Crippen molar-refractivity contribution in [3.63, 3.8) is 0 Å². The minimum Gasteiger partial charge on any atom is -0.371 e. The first-order valence-corrected chi connectivity index (χ1v) is 6.11. The maximum absolute atomic E-state index is 4.28. The number of nitrogens with zero attached hydrogens (tertiary/aromatic N) is 4. The molecule has 17 heavy (non-hydrogen) atoms. The molecule has 2 heterocycles. The molecule has 1 aromatic heterocycles. The predicted octanol–water partition coefficient (Wildman–Crippen LogP) is 2.48. The molecule has 1 aliphatic heterocycles. The summed E-state index contributed by atoms with van der Waals surface area (Å²) in [6.45, 7) is 9.66. The maximum atomic E-state index is 4.28. The second-order valence-electron chi connectivity index (χ2n) is 3.50. The van der Waals surface area contributed by atoms with Gasteiger partial charge >= 0.3 is 0 Å². The van der Waals surface area contributed by atoms with Crippen molar-refractivity contribution in [2.24, 2.45) is 4.99 Å². The van der Waals surface area contributed by atoms with Crippen LogP contribution in [0.1, 0.15) is 26.7 Å². The Morgan fingerprint density at radius 3 is 2.47 bits per heavy atom. The van der Waals surface area contributed by atoms with Crippen molar-refractivity contribution in [1.29, 1.82) is 0 Å². The van der Waals surface area contributed by atoms with Crippen molar-refractivity contribution in [2.75, 3.05) is 30.4 Å². The summed E-state index contributed by atoms with van der Waals surface area (Å²) in [6, 6.07) is 0. The fourth-order valence-corrected chi connectivity index (χ4v) is 1.86. The molecule has 0 aromatic carbocycles. The summed E-state index contributed by atoms with van der Waals surface area (Å²) in [6.07, 6.45) is 4.00. The van der Waals surface area contributed by atoms with E-state index in [0.29, 0.717) is 0 Å². The summed E-state index contributed by atoms with van der Waals surface area (Å²) in [7, 11) is 1.82. The van der Waals surface area contributed by atoms with E-state index in [1.807, 2.05) is 20.9 Å². The van der Waals surface area contributed by atoms with Gasteiger partial charge in [0.1, 0.15) is 12.0 Å². The fourth-order valence-electron chi connectivity index (χ4n) is 1.86. The van der Waals surface area contributed by atoms with Crippen LogP contribution >= 0.6 is 0 Å². The van der Waals surface area contributed by atoms with Gasteiger partial charge in [-0.05, 0) is 19.6 Å². The number of rotatable bonds is 3. The first kappa shape index (κ1) is 13.4. The Balaban J connectivity index is 0.000000686. The smallest absolute Gasteiger partial charge is 0.160 e. The third-order valence-electron chi connectivity index (χ3n) is 2.60. The molecule has 2 rings (SSSR count). The molecule has 0 radical (unpaired) electrons. The summed E-state index contributed by atoms with van der Waals surface area (Å²) < 4.78 is 0. The van der Waals surface area contributed by atoms with E-state index in [0.717, 1.165) is 30.4 Å². The van der Waals surface area contributed by atoms with Crippen LogP contribution in [-0.4, -0.2) is 36.8 Å². The van der Waals surface area contributed by atoms with E-state index in [1.54, 1.807) is 6.33 Å². The molecule has 0 amide bonds. The Kier molecular flexibility index (Phi) is 5.39. The Bertz CT molecular complexity index is 358. The molecule has 0 atom stereocenters. The van der Waals surface area contributed by atoms with Crippen LogP contribution in [0.15, 0.2) is 11.3 Å². The van der Waals surface area contributed by atoms with Gasteiger partial charge in [-0.25, -0.2) is 9.97 Å². The lowest BCUT2D eigenvalue weighted by Gasteiger charge is -2.18. The number of nitrogens with one attached hydrogen (secondary N) is 1. The Morgan fingerprint density at radius 2 is 1.94 bits per heavy atom. The minimum atomic E-state index is 0.738. The lowest BCUT2D eigenvalue weighted by Crippen LogP contribution is -2.19. The standard InChI is InChI=1S/C10H15N5.C2H6/c1-11-8-9(12-2)13-7-14-10(8)15-5-3-4-6-15;1-2/h7H,1,3-6H2,2H3,(H,12,13,14);1-2H3. The molecule has 94 valence electrons. The lowest BCUT2D eigenvalue weighted by atomic mass is 10.4. The van der Waals surface area contributed by atoms with Gasteiger partial charge in [-0.3, -0.25) is 4.99 Å². The van der Waals surface area contributed by atoms with E-state index in [1.165, 1.54) is 12.8 Å². The van der Waals surface area contributed by atoms with E-state index in [9.17, 15) is 0 Å². The number of hydrogen-bond acceptors (Lipinski definition) is 5. The third-order valence-corrected chi connectivity index (χ3v) is 2.60. The highest BCUT2D eigenvalue weighted by molar-refractivity contribution is 5.76. The summed E-state index contributed by atoms with van der Waals surface area (Å²) >= 11 is 0. The zero-order valence-corrected chi connectivity index (χ0v) is 10.9. The highest BCUT2D eigenvalue weighted by Gasteiger charge is 2.18. The van der Waals surface area contributed by atoms with Crippen LogP contribution in [0.2, 0.25) is 0 Å². The Labute approximate surface area is 103 Å². The van der Waals surface area contributed by atoms with Gasteiger partial charge in [-0.15, -0.1) is 0 Å². The highest BCUT2D eigenvalue weighted by Crippen LogP contribution is 2.33. The van der Waals surface area contributed by atoms with Gasteiger partial charge in [0.2, 0.25) is 0 Å². The molecule has 1 fully saturated rings. The van der Waals surface area contributed by atoms with Crippen LogP contribution in [0.4, 0.5) is 17.3 Å². The van der Waals surface area contributed by atoms with Crippen LogP contribution < -0.4 is 10.2 Å². The molecule has 0 aliphatic carbocycles. The van der Waals surface area contributed by atoms with Gasteiger partial charge in [-0.2, -0.15) is 0 Å². The average Bonchev–Trinajstić information content (AvgIpc) is 2.93. The van der Waals surface area contributed by atoms with Crippen molar-refractivity contribution in [3.8, 4) is 0 Å². The van der Waals surface area contributed by atoms with E-state index < -0.39 is 0 Å². The number of aliphatic imine (C=N–C) groups is 1. The van der Waals surface area contributed by atoms with Crippen molar-refractivity contribution in [2.45, 2.75) is 26.7 Å². The summed E-state index contributed by atoms with van der Waals surface area (Å²) in [4.78, 5) is 14.6. The minimum absolute atomic E-state index is 0.738. The molecule has 0 spiro atoms. The van der Waals surface area contributed by atoms with Gasteiger partial charge in [0.05, 0.1) is 0 Å². The van der Waals surface area contributed by atoms with Gasteiger partial charge in [0.25, 0.3) is 0 Å². The van der Waals surface area contributed by atoms with Crippen LogP contribution in [0, 0.1) is 0 Å². The number of hydrogen-bond donors (Lipinski definition) is 1. The van der Waals surface area contributed by atoms with Crippen LogP contribution in [-0.2, 0) is 0 Å². The average molecular weight is 235 g/mol. The van der Waals surface area contributed by atoms with Crippen LogP contribution in [0.3, 0.4) is 0 Å². The Morgan fingerprint density at radius 1 is 1.29 bits per heavy atom. The molecule has 0 saturated carbocycles. The van der Waals surface area contributed by atoms with E-state index in [4.69, 9.17) is 0 Å². The topological polar surface area (TPSA) is 53.4 Å². The van der Waals surface area contributed by atoms with Crippen molar-refractivity contribution in [1.82, 2.24) is 9.97 Å². The van der Waals surface area contributed by atoms with Crippen LogP contribution in [0.25, 0.3) is 0 Å². The van der Waals surface area contributed by atoms with E-state index in [2.05, 4.69) is 31.9 Å². The highest BCUT2D eigenvalue weighted by atomic mass is 15.2.